The monoisotopic (exact) mass is 293 g/mol. The standard InChI is InChI=1S/C16H23NO4/c18-16(19)15(17(20)21)13-9-4-2-1-3-6-10-14-11-7-5-8-12-14/h5,7-8,11-12,15H,1-4,6,9-10,13H2,(H,18,19). The van der Waals surface area contributed by atoms with E-state index in [9.17, 15) is 14.9 Å². The topological polar surface area (TPSA) is 80.4 Å². The minimum Gasteiger partial charge on any atom is -0.476 e. The van der Waals surface area contributed by atoms with E-state index in [2.05, 4.69) is 12.1 Å². The average Bonchev–Trinajstić information content (AvgIpc) is 2.45. The highest BCUT2D eigenvalue weighted by Gasteiger charge is 2.27. The molecule has 0 saturated carbocycles. The summed E-state index contributed by atoms with van der Waals surface area (Å²) >= 11 is 0. The second-order valence-electron chi connectivity index (χ2n) is 5.28. The minimum atomic E-state index is -1.44. The molecule has 0 heterocycles. The number of carbonyl (C=O) groups is 1. The van der Waals surface area contributed by atoms with E-state index in [1.165, 1.54) is 5.56 Å². The molecule has 0 bridgehead atoms. The molecule has 5 heteroatoms. The summed E-state index contributed by atoms with van der Waals surface area (Å²) in [5.74, 6) is -1.33. The number of hydrogen-bond acceptors (Lipinski definition) is 3. The van der Waals surface area contributed by atoms with Crippen LogP contribution in [0.25, 0.3) is 0 Å². The molecular weight excluding hydrogens is 270 g/mol. The van der Waals surface area contributed by atoms with Gasteiger partial charge in [-0.05, 0) is 24.8 Å². The number of unbranched alkanes of at least 4 members (excludes halogenated alkanes) is 5. The lowest BCUT2D eigenvalue weighted by atomic mass is 10.0. The first-order valence-electron chi connectivity index (χ1n) is 7.51. The Hall–Kier alpha value is -1.91. The summed E-state index contributed by atoms with van der Waals surface area (Å²) in [6.07, 6.45) is 7.10. The molecule has 1 unspecified atom stereocenters. The molecular formula is C16H23NO4. The Balaban J connectivity index is 2.00. The highest BCUT2D eigenvalue weighted by Crippen LogP contribution is 2.12. The summed E-state index contributed by atoms with van der Waals surface area (Å²) in [6, 6.07) is 8.92. The SMILES string of the molecule is O=C(O)C(CCCCCCCCc1ccccc1)[N+](=O)[O-]. The van der Waals surface area contributed by atoms with Crippen LogP contribution >= 0.6 is 0 Å². The Kier molecular flexibility index (Phi) is 8.09. The van der Waals surface area contributed by atoms with Gasteiger partial charge in [-0.1, -0.05) is 56.0 Å². The summed E-state index contributed by atoms with van der Waals surface area (Å²) in [6.45, 7) is 0. The molecule has 0 aliphatic carbocycles. The van der Waals surface area contributed by atoms with Gasteiger partial charge in [0.15, 0.2) is 0 Å². The third-order valence-electron chi connectivity index (χ3n) is 3.58. The first kappa shape index (κ1) is 17.1. The van der Waals surface area contributed by atoms with Gasteiger partial charge in [0.25, 0.3) is 0 Å². The molecule has 5 nitrogen and oxygen atoms in total. The Morgan fingerprint density at radius 3 is 2.19 bits per heavy atom. The number of aryl methyl sites for hydroxylation is 1. The van der Waals surface area contributed by atoms with Crippen LogP contribution < -0.4 is 0 Å². The van der Waals surface area contributed by atoms with Gasteiger partial charge in [-0.2, -0.15) is 0 Å². The molecule has 0 spiro atoms. The van der Waals surface area contributed by atoms with E-state index in [1.807, 2.05) is 18.2 Å². The molecule has 0 saturated heterocycles. The number of carboxylic acids is 1. The molecule has 1 N–H and O–H groups in total. The maximum absolute atomic E-state index is 10.6. The van der Waals surface area contributed by atoms with Crippen LogP contribution in [0.2, 0.25) is 0 Å². The number of carboxylic acid groups (broad SMARTS) is 1. The number of rotatable bonds is 11. The molecule has 1 atom stereocenters. The normalized spacial score (nSPS) is 12.0. The molecule has 0 aliphatic heterocycles. The number of nitro groups is 1. The molecule has 0 fully saturated rings. The van der Waals surface area contributed by atoms with Crippen molar-refractivity contribution in [1.29, 1.82) is 0 Å². The summed E-state index contributed by atoms with van der Waals surface area (Å²) in [5.41, 5.74) is 1.35. The minimum absolute atomic E-state index is 0.131. The zero-order chi connectivity index (χ0) is 15.5. The average molecular weight is 293 g/mol. The van der Waals surface area contributed by atoms with Gasteiger partial charge in [0, 0.05) is 11.3 Å². The van der Waals surface area contributed by atoms with Crippen LogP contribution in [0.4, 0.5) is 0 Å². The summed E-state index contributed by atoms with van der Waals surface area (Å²) in [5, 5.41) is 19.2. The van der Waals surface area contributed by atoms with Crippen LogP contribution in [0.1, 0.15) is 50.5 Å². The molecule has 1 aromatic rings. The maximum Gasteiger partial charge on any atom is 0.379 e. The van der Waals surface area contributed by atoms with Gasteiger partial charge < -0.3 is 5.11 Å². The number of aliphatic carboxylic acids is 1. The van der Waals surface area contributed by atoms with Crippen molar-refractivity contribution < 1.29 is 14.8 Å². The molecule has 0 radical (unpaired) electrons. The van der Waals surface area contributed by atoms with E-state index < -0.39 is 16.9 Å². The number of benzene rings is 1. The van der Waals surface area contributed by atoms with Crippen molar-refractivity contribution in [1.82, 2.24) is 0 Å². The van der Waals surface area contributed by atoms with Gasteiger partial charge >= 0.3 is 12.0 Å². The van der Waals surface area contributed by atoms with Gasteiger partial charge in [-0.15, -0.1) is 0 Å². The Labute approximate surface area is 125 Å². The van der Waals surface area contributed by atoms with E-state index in [0.29, 0.717) is 6.42 Å². The van der Waals surface area contributed by atoms with Crippen molar-refractivity contribution in [3.63, 3.8) is 0 Å². The van der Waals surface area contributed by atoms with Crippen molar-refractivity contribution in [3.8, 4) is 0 Å². The largest absolute Gasteiger partial charge is 0.476 e. The van der Waals surface area contributed by atoms with Gasteiger partial charge in [-0.3, -0.25) is 10.1 Å². The van der Waals surface area contributed by atoms with Gasteiger partial charge in [-0.25, -0.2) is 4.79 Å². The smallest absolute Gasteiger partial charge is 0.379 e. The molecule has 1 rings (SSSR count). The number of nitrogens with zero attached hydrogens (tertiary/aromatic N) is 1. The van der Waals surface area contributed by atoms with E-state index >= 15 is 0 Å². The molecule has 0 aromatic heterocycles. The predicted octanol–water partition coefficient (Wildman–Crippen LogP) is 3.69. The van der Waals surface area contributed by atoms with Gasteiger partial charge in [0.1, 0.15) is 0 Å². The first-order valence-corrected chi connectivity index (χ1v) is 7.51. The molecule has 0 aliphatic rings. The van der Waals surface area contributed by atoms with Gasteiger partial charge in [0.05, 0.1) is 0 Å². The van der Waals surface area contributed by atoms with Crippen LogP contribution in [-0.4, -0.2) is 22.0 Å². The summed E-state index contributed by atoms with van der Waals surface area (Å²) in [7, 11) is 0. The fraction of sp³-hybridized carbons (Fsp3) is 0.562. The lowest BCUT2D eigenvalue weighted by Crippen LogP contribution is -2.28. The predicted molar refractivity (Wildman–Crippen MR) is 80.9 cm³/mol. The van der Waals surface area contributed by atoms with Crippen molar-refractivity contribution in [2.24, 2.45) is 0 Å². The third kappa shape index (κ3) is 7.44. The van der Waals surface area contributed by atoms with Crippen LogP contribution in [0.5, 0.6) is 0 Å². The Morgan fingerprint density at radius 2 is 1.62 bits per heavy atom. The number of hydrogen-bond donors (Lipinski definition) is 1. The fourth-order valence-electron chi connectivity index (χ4n) is 2.34. The van der Waals surface area contributed by atoms with Crippen LogP contribution in [-0.2, 0) is 11.2 Å². The Morgan fingerprint density at radius 1 is 1.05 bits per heavy atom. The van der Waals surface area contributed by atoms with Crippen LogP contribution in [0.15, 0.2) is 30.3 Å². The second kappa shape index (κ2) is 9.91. The quantitative estimate of drug-likeness (QED) is 0.383. The highest BCUT2D eigenvalue weighted by atomic mass is 16.6. The Bertz CT molecular complexity index is 419. The zero-order valence-corrected chi connectivity index (χ0v) is 12.2. The van der Waals surface area contributed by atoms with Crippen molar-refractivity contribution in [2.45, 2.75) is 57.4 Å². The van der Waals surface area contributed by atoms with Crippen molar-refractivity contribution in [3.05, 3.63) is 46.0 Å². The zero-order valence-electron chi connectivity index (χ0n) is 12.2. The first-order chi connectivity index (χ1) is 10.1. The van der Waals surface area contributed by atoms with E-state index in [0.717, 1.165) is 38.5 Å². The fourth-order valence-corrected chi connectivity index (χ4v) is 2.34. The van der Waals surface area contributed by atoms with Gasteiger partial charge in [0.2, 0.25) is 0 Å². The summed E-state index contributed by atoms with van der Waals surface area (Å²) < 4.78 is 0. The lowest BCUT2D eigenvalue weighted by molar-refractivity contribution is -0.511. The van der Waals surface area contributed by atoms with Crippen LogP contribution in [0, 0.1) is 10.1 Å². The van der Waals surface area contributed by atoms with Crippen molar-refractivity contribution in [2.75, 3.05) is 0 Å². The summed E-state index contributed by atoms with van der Waals surface area (Å²) in [4.78, 5) is 20.4. The maximum atomic E-state index is 10.6. The molecule has 1 aromatic carbocycles. The molecule has 116 valence electrons. The van der Waals surface area contributed by atoms with E-state index in [1.54, 1.807) is 0 Å². The van der Waals surface area contributed by atoms with E-state index in [-0.39, 0.29) is 6.42 Å². The second-order valence-corrected chi connectivity index (χ2v) is 5.28. The third-order valence-corrected chi connectivity index (χ3v) is 3.58. The van der Waals surface area contributed by atoms with Crippen molar-refractivity contribution >= 4 is 5.97 Å². The van der Waals surface area contributed by atoms with Crippen LogP contribution in [0.3, 0.4) is 0 Å². The lowest BCUT2D eigenvalue weighted by Gasteiger charge is -2.05. The molecule has 0 amide bonds. The molecule has 21 heavy (non-hydrogen) atoms. The highest BCUT2D eigenvalue weighted by molar-refractivity contribution is 5.71. The van der Waals surface area contributed by atoms with E-state index in [4.69, 9.17) is 5.11 Å².